The molecule has 0 aliphatic carbocycles. The quantitative estimate of drug-likeness (QED) is 0.562. The van der Waals surface area contributed by atoms with Gasteiger partial charge in [-0.15, -0.1) is 0 Å². The molecule has 0 spiro atoms. The number of hydrogen-bond donors (Lipinski definition) is 1. The van der Waals surface area contributed by atoms with Crippen LogP contribution in [-0.4, -0.2) is 44.1 Å². The Morgan fingerprint density at radius 3 is 2.69 bits per heavy atom. The molecule has 0 unspecified atom stereocenters. The van der Waals surface area contributed by atoms with Gasteiger partial charge in [0.1, 0.15) is 12.4 Å². The number of carbonyl (C=O) groups excluding carboxylic acids is 2. The van der Waals surface area contributed by atoms with Gasteiger partial charge in [0.2, 0.25) is 5.91 Å². The van der Waals surface area contributed by atoms with Crippen molar-refractivity contribution < 1.29 is 23.8 Å². The van der Waals surface area contributed by atoms with Crippen LogP contribution in [0.15, 0.2) is 54.6 Å². The lowest BCUT2D eigenvalue weighted by molar-refractivity contribution is -0.132. The maximum absolute atomic E-state index is 13.3. The number of ether oxygens (including phenoxy) is 3. The molecule has 2 heterocycles. The highest BCUT2D eigenvalue weighted by molar-refractivity contribution is 6.31. The Labute approximate surface area is 208 Å². The van der Waals surface area contributed by atoms with Gasteiger partial charge in [-0.2, -0.15) is 0 Å². The summed E-state index contributed by atoms with van der Waals surface area (Å²) in [6, 6.07) is 16.3. The Morgan fingerprint density at radius 1 is 1.09 bits per heavy atom. The summed E-state index contributed by atoms with van der Waals surface area (Å²) in [4.78, 5) is 27.4. The molecule has 1 atom stereocenters. The molecule has 0 bridgehead atoms. The fraction of sp³-hybridized carbons (Fsp3) is 0.259. The van der Waals surface area contributed by atoms with Gasteiger partial charge in [-0.25, -0.2) is 0 Å². The molecule has 0 aromatic heterocycles. The second-order valence-corrected chi connectivity index (χ2v) is 8.93. The van der Waals surface area contributed by atoms with Gasteiger partial charge in [-0.05, 0) is 47.5 Å². The zero-order chi connectivity index (χ0) is 24.5. The maximum Gasteiger partial charge on any atom is 0.252 e. The SMILES string of the molecule is COc1ccc(Cl)cc1-c1cc2c(c(OC)c1)OCCN(C(=O)C[C@@H]1NC(=O)c3ccccc31)C2. The second kappa shape index (κ2) is 9.50. The summed E-state index contributed by atoms with van der Waals surface area (Å²) in [7, 11) is 3.20. The number of methoxy groups -OCH3 is 2. The van der Waals surface area contributed by atoms with E-state index in [1.54, 1.807) is 31.3 Å². The zero-order valence-corrected chi connectivity index (χ0v) is 20.2. The lowest BCUT2D eigenvalue weighted by Crippen LogP contribution is -2.35. The Morgan fingerprint density at radius 2 is 1.89 bits per heavy atom. The van der Waals surface area contributed by atoms with E-state index in [-0.39, 0.29) is 24.3 Å². The Kier molecular flexibility index (Phi) is 6.26. The van der Waals surface area contributed by atoms with Gasteiger partial charge in [0.15, 0.2) is 11.5 Å². The molecule has 8 heteroatoms. The van der Waals surface area contributed by atoms with Crippen molar-refractivity contribution in [2.24, 2.45) is 0 Å². The largest absolute Gasteiger partial charge is 0.496 e. The summed E-state index contributed by atoms with van der Waals surface area (Å²) < 4.78 is 17.2. The molecule has 0 saturated carbocycles. The van der Waals surface area contributed by atoms with Crippen LogP contribution < -0.4 is 19.5 Å². The van der Waals surface area contributed by atoms with Gasteiger partial charge >= 0.3 is 0 Å². The van der Waals surface area contributed by atoms with Gasteiger partial charge in [0.25, 0.3) is 5.91 Å². The molecule has 0 saturated heterocycles. The third-order valence-electron chi connectivity index (χ3n) is 6.41. The van der Waals surface area contributed by atoms with Crippen LogP contribution in [0.1, 0.15) is 33.9 Å². The molecule has 180 valence electrons. The summed E-state index contributed by atoms with van der Waals surface area (Å²) in [5.74, 6) is 1.66. The van der Waals surface area contributed by atoms with Crippen molar-refractivity contribution in [3.05, 3.63) is 76.3 Å². The van der Waals surface area contributed by atoms with Crippen LogP contribution in [0, 0.1) is 0 Å². The van der Waals surface area contributed by atoms with Crippen molar-refractivity contribution in [2.45, 2.75) is 19.0 Å². The molecule has 2 aliphatic rings. The number of nitrogens with zero attached hydrogens (tertiary/aromatic N) is 1. The molecule has 0 radical (unpaired) electrons. The Bertz CT molecular complexity index is 1310. The van der Waals surface area contributed by atoms with E-state index in [9.17, 15) is 9.59 Å². The topological polar surface area (TPSA) is 77.1 Å². The number of nitrogens with one attached hydrogen (secondary N) is 1. The standard InChI is InChI=1S/C27H25ClN2O5/c1-33-23-8-7-18(28)13-21(23)16-11-17-15-30(9-10-35-26(17)24(12-16)34-2)25(31)14-22-19-5-3-4-6-20(19)27(32)29-22/h3-8,11-13,22H,9-10,14-15H2,1-2H3,(H,29,32)/t22-/m0/s1. The normalized spacial score (nSPS) is 16.5. The first-order chi connectivity index (χ1) is 17.0. The number of hydrogen-bond acceptors (Lipinski definition) is 5. The molecule has 5 rings (SSSR count). The van der Waals surface area contributed by atoms with E-state index in [0.29, 0.717) is 47.5 Å². The van der Waals surface area contributed by atoms with Crippen molar-refractivity contribution in [1.29, 1.82) is 0 Å². The van der Waals surface area contributed by atoms with Crippen LogP contribution in [0.2, 0.25) is 5.02 Å². The minimum Gasteiger partial charge on any atom is -0.496 e. The van der Waals surface area contributed by atoms with E-state index in [1.807, 2.05) is 42.5 Å². The minimum absolute atomic E-state index is 0.0619. The molecule has 2 aliphatic heterocycles. The highest BCUT2D eigenvalue weighted by Gasteiger charge is 2.32. The van der Waals surface area contributed by atoms with Crippen molar-refractivity contribution in [3.63, 3.8) is 0 Å². The van der Waals surface area contributed by atoms with Gasteiger partial charge < -0.3 is 24.4 Å². The average Bonchev–Trinajstić information content (AvgIpc) is 3.03. The number of halogens is 1. The Balaban J connectivity index is 1.44. The van der Waals surface area contributed by atoms with E-state index in [2.05, 4.69) is 5.32 Å². The van der Waals surface area contributed by atoms with E-state index >= 15 is 0 Å². The average molecular weight is 493 g/mol. The first-order valence-corrected chi connectivity index (χ1v) is 11.7. The van der Waals surface area contributed by atoms with Gasteiger partial charge in [0, 0.05) is 28.3 Å². The summed E-state index contributed by atoms with van der Waals surface area (Å²) in [5, 5.41) is 3.51. The van der Waals surface area contributed by atoms with Crippen LogP contribution in [0.4, 0.5) is 0 Å². The second-order valence-electron chi connectivity index (χ2n) is 8.49. The van der Waals surface area contributed by atoms with Crippen molar-refractivity contribution in [2.75, 3.05) is 27.4 Å². The van der Waals surface area contributed by atoms with E-state index < -0.39 is 0 Å². The lowest BCUT2D eigenvalue weighted by Gasteiger charge is -2.22. The molecule has 0 fully saturated rings. The van der Waals surface area contributed by atoms with E-state index in [1.165, 1.54) is 0 Å². The fourth-order valence-electron chi connectivity index (χ4n) is 4.70. The van der Waals surface area contributed by atoms with Gasteiger partial charge in [-0.1, -0.05) is 29.8 Å². The van der Waals surface area contributed by atoms with Crippen molar-refractivity contribution in [1.82, 2.24) is 10.2 Å². The predicted molar refractivity (Wildman–Crippen MR) is 132 cm³/mol. The highest BCUT2D eigenvalue weighted by atomic mass is 35.5. The van der Waals surface area contributed by atoms with Gasteiger partial charge in [-0.3, -0.25) is 9.59 Å². The van der Waals surface area contributed by atoms with Crippen molar-refractivity contribution >= 4 is 23.4 Å². The molecule has 3 aromatic carbocycles. The van der Waals surface area contributed by atoms with Crippen LogP contribution in [-0.2, 0) is 11.3 Å². The highest BCUT2D eigenvalue weighted by Crippen LogP contribution is 2.41. The monoisotopic (exact) mass is 492 g/mol. The first kappa shape index (κ1) is 23.1. The third-order valence-corrected chi connectivity index (χ3v) is 6.65. The molecule has 3 aromatic rings. The third kappa shape index (κ3) is 4.39. The number of benzene rings is 3. The molecular weight excluding hydrogens is 468 g/mol. The van der Waals surface area contributed by atoms with Crippen LogP contribution in [0.25, 0.3) is 11.1 Å². The van der Waals surface area contributed by atoms with Crippen LogP contribution in [0.5, 0.6) is 17.2 Å². The van der Waals surface area contributed by atoms with Crippen molar-refractivity contribution in [3.8, 4) is 28.4 Å². The van der Waals surface area contributed by atoms with Crippen LogP contribution in [0.3, 0.4) is 0 Å². The number of carbonyl (C=O) groups is 2. The van der Waals surface area contributed by atoms with E-state index in [0.717, 1.165) is 22.3 Å². The molecule has 2 amide bonds. The first-order valence-electron chi connectivity index (χ1n) is 11.3. The summed E-state index contributed by atoms with van der Waals surface area (Å²) in [6.07, 6.45) is 0.178. The van der Waals surface area contributed by atoms with Crippen LogP contribution >= 0.6 is 11.6 Å². The number of rotatable bonds is 5. The fourth-order valence-corrected chi connectivity index (χ4v) is 4.87. The summed E-state index contributed by atoms with van der Waals surface area (Å²) in [6.45, 7) is 1.11. The number of fused-ring (bicyclic) bond motifs is 2. The maximum atomic E-state index is 13.3. The smallest absolute Gasteiger partial charge is 0.252 e. The minimum atomic E-state index is -0.341. The summed E-state index contributed by atoms with van der Waals surface area (Å²) >= 11 is 6.26. The lowest BCUT2D eigenvalue weighted by atomic mass is 10.00. The Hall–Kier alpha value is -3.71. The van der Waals surface area contributed by atoms with E-state index in [4.69, 9.17) is 25.8 Å². The molecular formula is C27H25ClN2O5. The van der Waals surface area contributed by atoms with Gasteiger partial charge in [0.05, 0.1) is 33.2 Å². The zero-order valence-electron chi connectivity index (χ0n) is 19.5. The predicted octanol–water partition coefficient (Wildman–Crippen LogP) is 4.62. The molecule has 1 N–H and O–H groups in total. The summed E-state index contributed by atoms with van der Waals surface area (Å²) in [5.41, 5.74) is 3.96. The molecule has 35 heavy (non-hydrogen) atoms. The number of amides is 2. The molecule has 7 nitrogen and oxygen atoms in total.